The monoisotopic (exact) mass is 360 g/mol. The van der Waals surface area contributed by atoms with Gasteiger partial charge in [0.05, 0.1) is 0 Å². The summed E-state index contributed by atoms with van der Waals surface area (Å²) in [6.45, 7) is 2.73. The van der Waals surface area contributed by atoms with E-state index in [9.17, 15) is 4.79 Å². The van der Waals surface area contributed by atoms with Crippen LogP contribution in [0.4, 0.5) is 0 Å². The molecule has 134 valence electrons. The number of imidazole rings is 1. The zero-order valence-electron chi connectivity index (χ0n) is 14.9. The Morgan fingerprint density at radius 2 is 1.96 bits per heavy atom. The summed E-state index contributed by atoms with van der Waals surface area (Å²) in [5.74, 6) is 4.91. The van der Waals surface area contributed by atoms with Crippen molar-refractivity contribution in [3.05, 3.63) is 21.5 Å². The van der Waals surface area contributed by atoms with Crippen molar-refractivity contribution in [2.24, 2.45) is 30.7 Å². The lowest BCUT2D eigenvalue weighted by atomic mass is 9.75. The Morgan fingerprint density at radius 1 is 1.16 bits per heavy atom. The van der Waals surface area contributed by atoms with Gasteiger partial charge in [-0.2, -0.15) is 4.98 Å². The first-order chi connectivity index (χ1) is 12.1. The van der Waals surface area contributed by atoms with Crippen molar-refractivity contribution in [3.63, 3.8) is 0 Å². The van der Waals surface area contributed by atoms with Crippen molar-refractivity contribution in [1.82, 2.24) is 19.1 Å². The number of hydrogen-bond donors (Lipinski definition) is 0. The fourth-order valence-corrected chi connectivity index (χ4v) is 6.37. The number of fused-ring (bicyclic) bond motifs is 1. The lowest BCUT2D eigenvalue weighted by molar-refractivity contribution is 0.241. The van der Waals surface area contributed by atoms with Crippen molar-refractivity contribution in [2.45, 2.75) is 57.9 Å². The van der Waals surface area contributed by atoms with Crippen molar-refractivity contribution in [2.75, 3.05) is 0 Å². The van der Waals surface area contributed by atoms with Crippen LogP contribution in [0.25, 0.3) is 11.2 Å². The van der Waals surface area contributed by atoms with Crippen LogP contribution in [0.2, 0.25) is 5.28 Å². The summed E-state index contributed by atoms with van der Waals surface area (Å²) in [5.41, 5.74) is 1.10. The summed E-state index contributed by atoms with van der Waals surface area (Å²) < 4.78 is 3.63. The lowest BCUT2D eigenvalue weighted by Crippen LogP contribution is -2.25. The van der Waals surface area contributed by atoms with Gasteiger partial charge < -0.3 is 4.57 Å². The van der Waals surface area contributed by atoms with Crippen molar-refractivity contribution >= 4 is 22.8 Å². The Labute approximate surface area is 152 Å². The molecular weight excluding hydrogens is 336 g/mol. The third-order valence-electron chi connectivity index (χ3n) is 7.07. The molecule has 4 aliphatic rings. The molecule has 25 heavy (non-hydrogen) atoms. The molecule has 2 aromatic rings. The van der Waals surface area contributed by atoms with Crippen LogP contribution < -0.4 is 5.56 Å². The van der Waals surface area contributed by atoms with Crippen LogP contribution in [0.1, 0.15) is 57.2 Å². The maximum atomic E-state index is 13.0. The molecule has 0 radical (unpaired) electrons. The molecule has 0 saturated heterocycles. The zero-order valence-corrected chi connectivity index (χ0v) is 15.7. The van der Waals surface area contributed by atoms with E-state index in [4.69, 9.17) is 16.6 Å². The summed E-state index contributed by atoms with van der Waals surface area (Å²) in [5, 5.41) is 0.268. The minimum atomic E-state index is -0.0443. The maximum absolute atomic E-state index is 13.0. The van der Waals surface area contributed by atoms with E-state index in [0.29, 0.717) is 23.6 Å². The molecule has 0 amide bonds. The molecule has 4 saturated carbocycles. The molecule has 6 rings (SSSR count). The Hall–Kier alpha value is -1.36. The molecule has 0 spiro atoms. The van der Waals surface area contributed by atoms with Crippen LogP contribution >= 0.6 is 11.6 Å². The van der Waals surface area contributed by atoms with E-state index >= 15 is 0 Å². The van der Waals surface area contributed by atoms with Gasteiger partial charge in [-0.05, 0) is 67.4 Å². The number of halogens is 1. The topological polar surface area (TPSA) is 52.7 Å². The van der Waals surface area contributed by atoms with Crippen molar-refractivity contribution in [1.29, 1.82) is 0 Å². The third-order valence-corrected chi connectivity index (χ3v) is 7.36. The normalized spacial score (nSPS) is 33.0. The molecule has 0 aromatic carbocycles. The molecule has 6 heteroatoms. The number of aryl methyl sites for hydroxylation is 1. The fraction of sp³-hybridized carbons (Fsp3) is 0.737. The lowest BCUT2D eigenvalue weighted by Gasteiger charge is -2.31. The number of rotatable bonds is 4. The van der Waals surface area contributed by atoms with Gasteiger partial charge in [-0.1, -0.05) is 13.3 Å². The second-order valence-corrected chi connectivity index (χ2v) is 8.75. The number of unbranched alkanes of at least 4 members (excludes halogenated alkanes) is 1. The van der Waals surface area contributed by atoms with Crippen LogP contribution in [-0.2, 0) is 13.6 Å². The van der Waals surface area contributed by atoms with Crippen molar-refractivity contribution < 1.29 is 0 Å². The van der Waals surface area contributed by atoms with E-state index in [1.54, 1.807) is 4.57 Å². The number of aromatic nitrogens is 4. The van der Waals surface area contributed by atoms with Crippen LogP contribution in [0.15, 0.2) is 4.79 Å². The molecule has 4 aliphatic carbocycles. The zero-order chi connectivity index (χ0) is 17.3. The highest BCUT2D eigenvalue weighted by atomic mass is 35.5. The predicted octanol–water partition coefficient (Wildman–Crippen LogP) is 3.73. The predicted molar refractivity (Wildman–Crippen MR) is 97.9 cm³/mol. The van der Waals surface area contributed by atoms with Gasteiger partial charge in [0, 0.05) is 19.5 Å². The largest absolute Gasteiger partial charge is 0.325 e. The van der Waals surface area contributed by atoms with Crippen molar-refractivity contribution in [3.8, 4) is 0 Å². The highest BCUT2D eigenvalue weighted by Crippen LogP contribution is 2.64. The summed E-state index contributed by atoms with van der Waals surface area (Å²) in [6.07, 6.45) is 7.40. The first-order valence-corrected chi connectivity index (χ1v) is 10.1. The first-order valence-electron chi connectivity index (χ1n) is 9.71. The minimum Gasteiger partial charge on any atom is -0.325 e. The number of hydrogen-bond acceptors (Lipinski definition) is 3. The Bertz CT molecular complexity index is 897. The average Bonchev–Trinajstić information content (AvgIpc) is 3.13. The van der Waals surface area contributed by atoms with E-state index in [1.165, 1.54) is 25.7 Å². The van der Waals surface area contributed by atoms with Gasteiger partial charge in [0.25, 0.3) is 5.56 Å². The molecule has 2 heterocycles. The van der Waals surface area contributed by atoms with Gasteiger partial charge in [-0.3, -0.25) is 9.36 Å². The van der Waals surface area contributed by atoms with E-state index in [0.717, 1.165) is 42.3 Å². The second kappa shape index (κ2) is 5.57. The summed E-state index contributed by atoms with van der Waals surface area (Å²) in [6, 6.07) is 0. The minimum absolute atomic E-state index is 0.0443. The summed E-state index contributed by atoms with van der Waals surface area (Å²) in [4.78, 5) is 22.3. The van der Waals surface area contributed by atoms with Crippen LogP contribution in [0.3, 0.4) is 0 Å². The number of nitrogens with zero attached hydrogens (tertiary/aromatic N) is 4. The molecule has 0 aliphatic heterocycles. The van der Waals surface area contributed by atoms with Crippen LogP contribution in [-0.4, -0.2) is 19.1 Å². The average molecular weight is 361 g/mol. The SMILES string of the molecule is CCCCn1c(Cl)nc2nc(C3C4CC5CC(C4)C3C5)n(C)c2c1=O. The molecular formula is C19H25ClN4O. The van der Waals surface area contributed by atoms with E-state index in [1.807, 2.05) is 11.6 Å². The van der Waals surface area contributed by atoms with Gasteiger partial charge >= 0.3 is 0 Å². The Morgan fingerprint density at radius 3 is 2.72 bits per heavy atom. The van der Waals surface area contributed by atoms with E-state index < -0.39 is 0 Å². The molecule has 5 atom stereocenters. The third kappa shape index (κ3) is 2.17. The van der Waals surface area contributed by atoms with E-state index in [2.05, 4.69) is 11.9 Å². The second-order valence-electron chi connectivity index (χ2n) is 8.41. The van der Waals surface area contributed by atoms with Gasteiger partial charge in [0.2, 0.25) is 5.28 Å². The van der Waals surface area contributed by atoms with Crippen LogP contribution in [0.5, 0.6) is 0 Å². The maximum Gasteiger partial charge on any atom is 0.280 e. The highest BCUT2D eigenvalue weighted by Gasteiger charge is 2.55. The molecule has 5 nitrogen and oxygen atoms in total. The Balaban J connectivity index is 1.63. The first kappa shape index (κ1) is 15.9. The van der Waals surface area contributed by atoms with E-state index in [-0.39, 0.29) is 10.8 Å². The summed E-state index contributed by atoms with van der Waals surface area (Å²) in [7, 11) is 1.99. The smallest absolute Gasteiger partial charge is 0.280 e. The highest BCUT2D eigenvalue weighted by molar-refractivity contribution is 6.28. The summed E-state index contributed by atoms with van der Waals surface area (Å²) >= 11 is 6.29. The van der Waals surface area contributed by atoms with Gasteiger partial charge in [-0.15, -0.1) is 0 Å². The molecule has 5 unspecified atom stereocenters. The van der Waals surface area contributed by atoms with Crippen LogP contribution in [0, 0.1) is 23.7 Å². The fourth-order valence-electron chi connectivity index (χ4n) is 6.12. The molecule has 4 fully saturated rings. The Kier molecular flexibility index (Phi) is 3.53. The molecule has 0 N–H and O–H groups in total. The van der Waals surface area contributed by atoms with Gasteiger partial charge in [-0.25, -0.2) is 4.98 Å². The quantitative estimate of drug-likeness (QED) is 0.780. The molecule has 4 bridgehead atoms. The molecule has 2 aromatic heterocycles. The van der Waals surface area contributed by atoms with Gasteiger partial charge in [0.1, 0.15) is 5.82 Å². The van der Waals surface area contributed by atoms with Gasteiger partial charge in [0.15, 0.2) is 11.2 Å². The standard InChI is InChI=1S/C19H25ClN4O/c1-3-4-5-24-18(25)15-16(22-19(24)20)21-17(23(15)2)14-12-7-10-6-11(9-12)13(14)8-10/h10-14H,3-9H2,1-2H3.